The van der Waals surface area contributed by atoms with Gasteiger partial charge in [0.05, 0.1) is 87.6 Å². The first-order chi connectivity index (χ1) is 27.4. The number of piperidine rings is 1. The standard InChI is InChI=1S/C44H67ClN8O5.3ClH/c1-51(2,3)25-10-15-36(54)31-57-38-21-17-33(18-22-38)12-7-27-53(29-9-14-35(30-53)48-44(56)40-42(46)50-43(47)41(45)49-40)28-8-13-34-19-23-39(24-20-34)58-32-37(55)16-11-26-52(4,5)6;;;/h17-24,35H,7-16,25-32H2,1-6H3,(H4-,46,47,48,50,56);3*1H/q+2;;;/p-2/t35-;;;/m0.../s1. The van der Waals surface area contributed by atoms with Gasteiger partial charge in [0.1, 0.15) is 24.7 Å². The number of ketones is 2. The molecule has 5 N–H and O–H groups in total. The molecule has 1 atom stereocenters. The number of anilines is 2. The van der Waals surface area contributed by atoms with Crippen molar-refractivity contribution < 1.29 is 74.5 Å². The molecule has 0 aliphatic carbocycles. The first-order valence-corrected chi connectivity index (χ1v) is 21.1. The number of carbonyl (C=O) groups is 3. The molecule has 2 aromatic carbocycles. The summed E-state index contributed by atoms with van der Waals surface area (Å²) in [6, 6.07) is 16.1. The average molecular weight is 931 g/mol. The second kappa shape index (κ2) is 26.3. The first kappa shape index (κ1) is 55.6. The Morgan fingerprint density at radius 3 is 1.62 bits per heavy atom. The summed E-state index contributed by atoms with van der Waals surface area (Å²) in [5.41, 5.74) is 14.2. The van der Waals surface area contributed by atoms with Crippen LogP contribution < -0.4 is 63.5 Å². The molecule has 61 heavy (non-hydrogen) atoms. The number of aryl methyl sites for hydroxylation is 2. The van der Waals surface area contributed by atoms with Gasteiger partial charge in [-0.05, 0) is 61.1 Å². The number of nitrogens with zero attached hydrogens (tertiary/aromatic N) is 5. The molecule has 13 nitrogen and oxygen atoms in total. The van der Waals surface area contributed by atoms with E-state index in [2.05, 4.69) is 81.8 Å². The van der Waals surface area contributed by atoms with Crippen molar-refractivity contribution in [2.24, 2.45) is 0 Å². The Bertz CT molecular complexity index is 1720. The molecule has 2 heterocycles. The van der Waals surface area contributed by atoms with E-state index in [1.165, 1.54) is 11.1 Å². The van der Waals surface area contributed by atoms with Crippen LogP contribution in [0.15, 0.2) is 48.5 Å². The van der Waals surface area contributed by atoms with Crippen LogP contribution in [0.5, 0.6) is 11.5 Å². The van der Waals surface area contributed by atoms with Gasteiger partial charge in [-0.25, -0.2) is 9.97 Å². The predicted octanol–water partition coefficient (Wildman–Crippen LogP) is -3.85. The van der Waals surface area contributed by atoms with Gasteiger partial charge in [0.25, 0.3) is 5.91 Å². The maximum atomic E-state index is 13.3. The Hall–Kier alpha value is -3.43. The molecule has 1 saturated heterocycles. The second-order valence-corrected chi connectivity index (χ2v) is 18.4. The number of nitrogens with one attached hydrogen (secondary N) is 1. The van der Waals surface area contributed by atoms with Crippen LogP contribution in [-0.4, -0.2) is 142 Å². The molecule has 0 spiro atoms. The van der Waals surface area contributed by atoms with Gasteiger partial charge in [0.2, 0.25) is 0 Å². The number of rotatable bonds is 24. The highest BCUT2D eigenvalue weighted by molar-refractivity contribution is 6.31. The maximum Gasteiger partial charge on any atom is 0.274 e. The van der Waals surface area contributed by atoms with Crippen LogP contribution in [-0.2, 0) is 22.4 Å². The number of nitrogens with two attached hydrogens (primary N) is 2. The largest absolute Gasteiger partial charge is 1.00 e. The average Bonchev–Trinajstić information content (AvgIpc) is 3.15. The molecule has 17 heteroatoms. The van der Waals surface area contributed by atoms with Gasteiger partial charge in [0, 0.05) is 38.5 Å². The van der Waals surface area contributed by atoms with Gasteiger partial charge < -0.3 is 76.9 Å². The summed E-state index contributed by atoms with van der Waals surface area (Å²) in [4.78, 5) is 46.1. The maximum absolute atomic E-state index is 13.3. The van der Waals surface area contributed by atoms with Crippen LogP contribution in [0.3, 0.4) is 0 Å². The molecular formula is C44H68Cl4N8O5. The lowest BCUT2D eigenvalue weighted by Gasteiger charge is -2.45. The van der Waals surface area contributed by atoms with Gasteiger partial charge in [-0.3, -0.25) is 14.4 Å². The van der Waals surface area contributed by atoms with Crippen molar-refractivity contribution in [3.8, 4) is 11.5 Å². The zero-order valence-electron chi connectivity index (χ0n) is 36.9. The van der Waals surface area contributed by atoms with Crippen LogP contribution in [0.25, 0.3) is 0 Å². The van der Waals surface area contributed by atoms with E-state index in [-0.39, 0.29) is 90.5 Å². The van der Waals surface area contributed by atoms with Crippen molar-refractivity contribution in [2.75, 3.05) is 106 Å². The number of hydrogen-bond donors (Lipinski definition) is 3. The van der Waals surface area contributed by atoms with Crippen molar-refractivity contribution in [3.05, 3.63) is 70.5 Å². The number of carbonyl (C=O) groups excluding carboxylic acids is 3. The van der Waals surface area contributed by atoms with Crippen LogP contribution in [0, 0.1) is 0 Å². The molecule has 0 radical (unpaired) electrons. The SMILES string of the molecule is C[N+](C)(C)CCCC(=O)COc1ccc(CCC[N+]2(CCCc3ccc(OCC(=O)CCC[N+](C)(C)C)cc3)CCC[C@H](NC(=O)c3nc(Cl)c(N)nc3N)C2)cc1.[Cl-].[Cl-].[Cl-]. The van der Waals surface area contributed by atoms with Crippen molar-refractivity contribution in [1.82, 2.24) is 15.3 Å². The van der Waals surface area contributed by atoms with Crippen LogP contribution in [0.1, 0.15) is 73.0 Å². The number of nitrogen functional groups attached to an aromatic ring is 2. The van der Waals surface area contributed by atoms with Crippen molar-refractivity contribution in [1.29, 1.82) is 0 Å². The number of hydrogen-bond acceptors (Lipinski definition) is 9. The Morgan fingerprint density at radius 1 is 0.721 bits per heavy atom. The topological polar surface area (TPSA) is 160 Å². The predicted molar refractivity (Wildman–Crippen MR) is 231 cm³/mol. The zero-order chi connectivity index (χ0) is 42.3. The van der Waals surface area contributed by atoms with E-state index in [1.807, 2.05) is 24.3 Å². The smallest absolute Gasteiger partial charge is 0.274 e. The van der Waals surface area contributed by atoms with Crippen LogP contribution >= 0.6 is 11.6 Å². The van der Waals surface area contributed by atoms with E-state index in [4.69, 9.17) is 32.5 Å². The number of quaternary nitrogens is 3. The minimum absolute atomic E-state index is 0. The zero-order valence-corrected chi connectivity index (χ0v) is 39.9. The van der Waals surface area contributed by atoms with Crippen molar-refractivity contribution in [2.45, 2.75) is 70.3 Å². The van der Waals surface area contributed by atoms with Crippen LogP contribution in [0.4, 0.5) is 11.6 Å². The van der Waals surface area contributed by atoms with Crippen LogP contribution in [0.2, 0.25) is 5.15 Å². The molecule has 4 rings (SSSR count). The van der Waals surface area contributed by atoms with E-state index < -0.39 is 5.91 Å². The summed E-state index contributed by atoms with van der Waals surface area (Å²) in [6.45, 7) is 5.80. The highest BCUT2D eigenvalue weighted by Gasteiger charge is 2.35. The summed E-state index contributed by atoms with van der Waals surface area (Å²) >= 11 is 6.09. The van der Waals surface area contributed by atoms with E-state index >= 15 is 0 Å². The molecule has 342 valence electrons. The van der Waals surface area contributed by atoms with Gasteiger partial charge >= 0.3 is 0 Å². The molecule has 3 aromatic rings. The number of Topliss-reactive ketones (excluding diaryl/α,β-unsaturated/α-hetero) is 2. The normalized spacial score (nSPS) is 14.7. The monoisotopic (exact) mass is 928 g/mol. The Balaban J connectivity index is 0.00000620. The Morgan fingerprint density at radius 2 is 1.18 bits per heavy atom. The van der Waals surface area contributed by atoms with Gasteiger partial charge in [-0.15, -0.1) is 0 Å². The van der Waals surface area contributed by atoms with E-state index in [9.17, 15) is 14.4 Å². The highest BCUT2D eigenvalue weighted by atomic mass is 35.5. The summed E-state index contributed by atoms with van der Waals surface area (Å²) in [5, 5.41) is 3.12. The number of ether oxygens (including phenoxy) is 2. The molecular weight excluding hydrogens is 862 g/mol. The van der Waals surface area contributed by atoms with E-state index in [1.54, 1.807) is 0 Å². The summed E-state index contributed by atoms with van der Waals surface area (Å²) in [5.74, 6) is 1.18. The molecule has 1 fully saturated rings. The third-order valence-corrected chi connectivity index (χ3v) is 10.9. The summed E-state index contributed by atoms with van der Waals surface area (Å²) < 4.78 is 14.2. The lowest BCUT2D eigenvalue weighted by molar-refractivity contribution is -0.933. The molecule has 1 aliphatic rings. The summed E-state index contributed by atoms with van der Waals surface area (Å²) in [6.07, 6.45) is 8.31. The third kappa shape index (κ3) is 20.5. The van der Waals surface area contributed by atoms with Gasteiger partial charge in [0.15, 0.2) is 34.0 Å². The third-order valence-electron chi connectivity index (χ3n) is 10.7. The molecule has 1 aromatic heterocycles. The Labute approximate surface area is 387 Å². The lowest BCUT2D eigenvalue weighted by atomic mass is 9.99. The Kier molecular flexibility index (Phi) is 23.9. The number of amides is 1. The first-order valence-electron chi connectivity index (χ1n) is 20.7. The number of halogens is 4. The minimum atomic E-state index is -0.404. The van der Waals surface area contributed by atoms with Gasteiger partial charge in [-0.2, -0.15) is 0 Å². The fraction of sp³-hybridized carbons (Fsp3) is 0.568. The minimum Gasteiger partial charge on any atom is -1.00 e. The highest BCUT2D eigenvalue weighted by Crippen LogP contribution is 2.25. The fourth-order valence-electron chi connectivity index (χ4n) is 7.54. The van der Waals surface area contributed by atoms with Gasteiger partial charge in [-0.1, -0.05) is 35.9 Å². The fourth-order valence-corrected chi connectivity index (χ4v) is 7.66. The van der Waals surface area contributed by atoms with Crippen molar-refractivity contribution >= 4 is 40.7 Å². The second-order valence-electron chi connectivity index (χ2n) is 18.0. The van der Waals surface area contributed by atoms with E-state index in [0.29, 0.717) is 24.3 Å². The molecule has 0 unspecified atom stereocenters. The van der Waals surface area contributed by atoms with E-state index in [0.717, 1.165) is 104 Å². The number of benzene rings is 2. The molecule has 0 bridgehead atoms. The molecule has 1 amide bonds. The van der Waals surface area contributed by atoms with Crippen molar-refractivity contribution in [3.63, 3.8) is 0 Å². The summed E-state index contributed by atoms with van der Waals surface area (Å²) in [7, 11) is 12.8. The quantitative estimate of drug-likeness (QED) is 0.0766. The number of likely N-dealkylation sites (tertiary alicyclic amines) is 1. The lowest BCUT2D eigenvalue weighted by Crippen LogP contribution is -3.00. The molecule has 0 saturated carbocycles. The molecule has 1 aliphatic heterocycles. The number of aromatic nitrogens is 2.